The van der Waals surface area contributed by atoms with E-state index in [4.69, 9.17) is 4.42 Å². The van der Waals surface area contributed by atoms with Gasteiger partial charge < -0.3 is 9.73 Å². The van der Waals surface area contributed by atoms with Crippen LogP contribution in [0.5, 0.6) is 0 Å². The molecule has 46 heavy (non-hydrogen) atoms. The van der Waals surface area contributed by atoms with Gasteiger partial charge in [-0.25, -0.2) is 0 Å². The molecule has 2 heteroatoms. The second-order valence-electron chi connectivity index (χ2n) is 13.9. The first-order valence-electron chi connectivity index (χ1n) is 17.3. The molecule has 0 fully saturated rings. The quantitative estimate of drug-likeness (QED) is 0.220. The van der Waals surface area contributed by atoms with Gasteiger partial charge in [-0.2, -0.15) is 0 Å². The van der Waals surface area contributed by atoms with Gasteiger partial charge >= 0.3 is 0 Å². The van der Waals surface area contributed by atoms with Crippen LogP contribution < -0.4 is 5.32 Å². The summed E-state index contributed by atoms with van der Waals surface area (Å²) in [6.07, 6.45) is 18.9. The van der Waals surface area contributed by atoms with E-state index in [9.17, 15) is 0 Å². The summed E-state index contributed by atoms with van der Waals surface area (Å²) in [6.45, 7) is 0. The van der Waals surface area contributed by atoms with Crippen molar-refractivity contribution >= 4 is 27.6 Å². The number of benzene rings is 5. The molecule has 2 heterocycles. The molecule has 2 atom stereocenters. The van der Waals surface area contributed by atoms with E-state index < -0.39 is 0 Å². The van der Waals surface area contributed by atoms with Crippen LogP contribution in [0.4, 0.5) is 5.69 Å². The minimum absolute atomic E-state index is 0.324. The largest absolute Gasteiger partial charge is 0.455 e. The third-order valence-corrected chi connectivity index (χ3v) is 11.1. The van der Waals surface area contributed by atoms with E-state index >= 15 is 0 Å². The second-order valence-corrected chi connectivity index (χ2v) is 13.9. The lowest BCUT2D eigenvalue weighted by Crippen LogP contribution is -2.17. The first kappa shape index (κ1) is 26.4. The van der Waals surface area contributed by atoms with Crippen molar-refractivity contribution in [3.63, 3.8) is 0 Å². The zero-order chi connectivity index (χ0) is 30.2. The van der Waals surface area contributed by atoms with Crippen molar-refractivity contribution in [2.24, 2.45) is 0 Å². The van der Waals surface area contributed by atoms with Crippen LogP contribution in [-0.4, -0.2) is 6.04 Å². The van der Waals surface area contributed by atoms with Crippen molar-refractivity contribution in [2.45, 2.75) is 63.3 Å². The lowest BCUT2D eigenvalue weighted by atomic mass is 9.87. The topological polar surface area (TPSA) is 25.2 Å². The Labute approximate surface area is 270 Å². The first-order chi connectivity index (χ1) is 22.7. The molecule has 0 saturated heterocycles. The summed E-state index contributed by atoms with van der Waals surface area (Å²) in [5, 5.41) is 6.10. The Hall–Kier alpha value is -4.82. The number of hydrogen-bond donors (Lipinski definition) is 1. The fraction of sp³-hybridized carbons (Fsp3) is 0.227. The lowest BCUT2D eigenvalue weighted by Gasteiger charge is -2.17. The Morgan fingerprint density at radius 1 is 0.522 bits per heavy atom. The summed E-state index contributed by atoms with van der Waals surface area (Å²) in [7, 11) is 0. The smallest absolute Gasteiger partial charge is 0.143 e. The summed E-state index contributed by atoms with van der Waals surface area (Å²) in [6, 6.07) is 33.1. The van der Waals surface area contributed by atoms with Crippen LogP contribution in [-0.2, 0) is 25.7 Å². The molecule has 6 aromatic rings. The standard InChI is InChI=1S/C44H37NO/c1-3-9-29-21-31(15-13-27(29)7-1)33-18-20-43-39(23-33)40-26-35(32-16-14-28-8-2-4-10-30(28)22-32)25-37(44(40)46-43)34-17-19-42-38(24-34)36-11-5-6-12-41(36)45-42/h5-6,11-26,36,41,45H,1-4,7-10H2. The van der Waals surface area contributed by atoms with Gasteiger partial charge in [0.05, 0.1) is 6.04 Å². The van der Waals surface area contributed by atoms with Gasteiger partial charge in [-0.15, -0.1) is 0 Å². The van der Waals surface area contributed by atoms with Crippen LogP contribution in [0.1, 0.15) is 59.4 Å². The predicted molar refractivity (Wildman–Crippen MR) is 192 cm³/mol. The van der Waals surface area contributed by atoms with Crippen molar-refractivity contribution in [1.82, 2.24) is 0 Å². The summed E-state index contributed by atoms with van der Waals surface area (Å²) in [5.74, 6) is 0.356. The maximum Gasteiger partial charge on any atom is 0.143 e. The van der Waals surface area contributed by atoms with E-state index in [2.05, 4.69) is 115 Å². The molecule has 0 radical (unpaired) electrons. The van der Waals surface area contributed by atoms with Crippen molar-refractivity contribution in [3.05, 3.63) is 137 Å². The maximum atomic E-state index is 6.79. The van der Waals surface area contributed by atoms with Crippen LogP contribution >= 0.6 is 0 Å². The molecule has 5 aromatic carbocycles. The van der Waals surface area contributed by atoms with Crippen molar-refractivity contribution in [1.29, 1.82) is 0 Å². The normalized spacial score (nSPS) is 19.5. The third-order valence-electron chi connectivity index (χ3n) is 11.1. The molecule has 2 unspecified atom stereocenters. The van der Waals surface area contributed by atoms with Crippen molar-refractivity contribution in [3.8, 4) is 33.4 Å². The molecule has 2 nitrogen and oxygen atoms in total. The predicted octanol–water partition coefficient (Wildman–Crippen LogP) is 11.3. The number of furan rings is 1. The van der Waals surface area contributed by atoms with Gasteiger partial charge in [-0.1, -0.05) is 72.8 Å². The fourth-order valence-electron chi connectivity index (χ4n) is 8.62. The van der Waals surface area contributed by atoms with Gasteiger partial charge in [0.1, 0.15) is 11.2 Å². The molecule has 4 aliphatic rings. The van der Waals surface area contributed by atoms with Gasteiger partial charge in [0.2, 0.25) is 0 Å². The Morgan fingerprint density at radius 2 is 1.15 bits per heavy atom. The van der Waals surface area contributed by atoms with E-state index in [0.717, 1.165) is 11.2 Å². The van der Waals surface area contributed by atoms with Gasteiger partial charge in [-0.3, -0.25) is 0 Å². The monoisotopic (exact) mass is 595 g/mol. The molecule has 3 aliphatic carbocycles. The van der Waals surface area contributed by atoms with Crippen molar-refractivity contribution < 1.29 is 4.42 Å². The molecule has 10 rings (SSSR count). The highest BCUT2D eigenvalue weighted by Crippen LogP contribution is 2.45. The zero-order valence-corrected chi connectivity index (χ0v) is 26.1. The molecule has 0 amide bonds. The highest BCUT2D eigenvalue weighted by atomic mass is 16.3. The molecular formula is C44H37NO. The number of fused-ring (bicyclic) bond motifs is 8. The highest BCUT2D eigenvalue weighted by Gasteiger charge is 2.30. The van der Waals surface area contributed by atoms with E-state index in [1.165, 1.54) is 129 Å². The number of aryl methyl sites for hydroxylation is 4. The van der Waals surface area contributed by atoms with E-state index in [0.29, 0.717) is 12.0 Å². The average molecular weight is 596 g/mol. The number of allylic oxidation sites excluding steroid dienone is 2. The molecule has 1 aliphatic heterocycles. The van der Waals surface area contributed by atoms with Crippen LogP contribution in [0.15, 0.2) is 114 Å². The van der Waals surface area contributed by atoms with Crippen LogP contribution in [0, 0.1) is 0 Å². The van der Waals surface area contributed by atoms with E-state index in [-0.39, 0.29) is 0 Å². The van der Waals surface area contributed by atoms with Crippen molar-refractivity contribution in [2.75, 3.05) is 5.32 Å². The first-order valence-corrected chi connectivity index (χ1v) is 17.3. The van der Waals surface area contributed by atoms with Crippen LogP contribution in [0.3, 0.4) is 0 Å². The van der Waals surface area contributed by atoms with Gasteiger partial charge in [0.25, 0.3) is 0 Å². The van der Waals surface area contributed by atoms with E-state index in [1.807, 2.05) is 0 Å². The summed E-state index contributed by atoms with van der Waals surface area (Å²) in [4.78, 5) is 0. The Morgan fingerprint density at radius 3 is 1.93 bits per heavy atom. The number of hydrogen-bond acceptors (Lipinski definition) is 2. The molecule has 0 saturated carbocycles. The molecule has 0 bridgehead atoms. The van der Waals surface area contributed by atoms with Crippen LogP contribution in [0.2, 0.25) is 0 Å². The average Bonchev–Trinajstić information content (AvgIpc) is 3.68. The van der Waals surface area contributed by atoms with Gasteiger partial charge in [0, 0.05) is 27.9 Å². The zero-order valence-electron chi connectivity index (χ0n) is 26.1. The number of nitrogens with one attached hydrogen (secondary N) is 1. The lowest BCUT2D eigenvalue weighted by molar-refractivity contribution is 0.670. The fourth-order valence-corrected chi connectivity index (χ4v) is 8.62. The molecule has 1 N–H and O–H groups in total. The van der Waals surface area contributed by atoms with Gasteiger partial charge in [0.15, 0.2) is 0 Å². The maximum absolute atomic E-state index is 6.79. The molecule has 1 aromatic heterocycles. The summed E-state index contributed by atoms with van der Waals surface area (Å²) in [5.41, 5.74) is 18.1. The Kier molecular flexibility index (Phi) is 5.94. The Balaban J connectivity index is 1.17. The highest BCUT2D eigenvalue weighted by molar-refractivity contribution is 6.12. The van der Waals surface area contributed by atoms with Crippen LogP contribution in [0.25, 0.3) is 55.3 Å². The minimum atomic E-state index is 0.324. The summed E-state index contributed by atoms with van der Waals surface area (Å²) >= 11 is 0. The Bertz CT molecular complexity index is 2260. The third kappa shape index (κ3) is 4.23. The number of anilines is 1. The van der Waals surface area contributed by atoms with E-state index in [1.54, 1.807) is 0 Å². The summed E-state index contributed by atoms with van der Waals surface area (Å²) < 4.78 is 6.79. The second kappa shape index (κ2) is 10.4. The van der Waals surface area contributed by atoms with Gasteiger partial charge in [-0.05, 0) is 143 Å². The minimum Gasteiger partial charge on any atom is -0.455 e. The molecular weight excluding hydrogens is 558 g/mol. The molecule has 224 valence electrons. The number of rotatable bonds is 3. The molecule has 0 spiro atoms. The SMILES string of the molecule is C1=CC2Nc3ccc(-c4cc(-c5ccc6c(c5)CCCC6)cc5c4oc4ccc(-c6ccc7c(c6)CCCC7)cc45)cc3C2C=C1.